The van der Waals surface area contributed by atoms with E-state index >= 15 is 0 Å². The van der Waals surface area contributed by atoms with Crippen LogP contribution in [0.2, 0.25) is 0 Å². The molecule has 1 amide bonds. The molecule has 1 aliphatic rings. The molecule has 1 aliphatic heterocycles. The summed E-state index contributed by atoms with van der Waals surface area (Å²) in [6.45, 7) is 5.20. The van der Waals surface area contributed by atoms with Crippen LogP contribution in [-0.4, -0.2) is 42.0 Å². The molecule has 1 fully saturated rings. The highest BCUT2D eigenvalue weighted by Crippen LogP contribution is 2.36. The smallest absolute Gasteiger partial charge is 0.248 e. The molecule has 0 aliphatic carbocycles. The summed E-state index contributed by atoms with van der Waals surface area (Å²) in [5, 5.41) is 16.9. The number of amides is 1. The molecule has 0 atom stereocenters. The third-order valence-corrected chi connectivity index (χ3v) is 6.83. The van der Waals surface area contributed by atoms with Crippen molar-refractivity contribution in [1.29, 1.82) is 5.26 Å². The number of carbonyl (C=O) groups is 1. The van der Waals surface area contributed by atoms with Gasteiger partial charge in [-0.2, -0.15) is 5.26 Å². The second-order valence-electron chi connectivity index (χ2n) is 9.77. The number of hydrogen-bond donors (Lipinski definition) is 2. The zero-order valence-corrected chi connectivity index (χ0v) is 23.1. The lowest BCUT2D eigenvalue weighted by molar-refractivity contribution is -0.111. The van der Waals surface area contributed by atoms with E-state index in [0.717, 1.165) is 31.1 Å². The number of benzene rings is 3. The number of anilines is 3. The molecule has 3 aromatic carbocycles. The number of nitriles is 1. The number of nitrogens with one attached hydrogen (secondary N) is 2. The van der Waals surface area contributed by atoms with Crippen molar-refractivity contribution in [2.75, 3.05) is 36.9 Å². The second-order valence-corrected chi connectivity index (χ2v) is 9.77. The van der Waals surface area contributed by atoms with Gasteiger partial charge in [-0.1, -0.05) is 30.7 Å². The van der Waals surface area contributed by atoms with Crippen LogP contribution >= 0.6 is 0 Å². The molecule has 0 unspecified atom stereocenters. The maximum absolute atomic E-state index is 12.8. The van der Waals surface area contributed by atoms with Crippen LogP contribution in [0.4, 0.5) is 17.1 Å². The van der Waals surface area contributed by atoms with Crippen molar-refractivity contribution in [1.82, 2.24) is 9.88 Å². The normalized spacial score (nSPS) is 13.6. The second kappa shape index (κ2) is 13.5. The molecule has 0 saturated carbocycles. The van der Waals surface area contributed by atoms with Gasteiger partial charge >= 0.3 is 0 Å². The highest BCUT2D eigenvalue weighted by molar-refractivity contribution is 6.04. The topological polar surface area (TPSA) is 99.5 Å². The Hall–Kier alpha value is -4.87. The van der Waals surface area contributed by atoms with Gasteiger partial charge in [0.25, 0.3) is 0 Å². The van der Waals surface area contributed by atoms with E-state index in [2.05, 4.69) is 26.6 Å². The molecule has 2 heterocycles. The molecule has 4 aromatic rings. The molecule has 1 saturated heterocycles. The largest absolute Gasteiger partial charge is 0.492 e. The van der Waals surface area contributed by atoms with Crippen LogP contribution in [0.25, 0.3) is 10.9 Å². The first-order chi connectivity index (χ1) is 20.1. The lowest BCUT2D eigenvalue weighted by Crippen LogP contribution is -2.29. The summed E-state index contributed by atoms with van der Waals surface area (Å²) in [5.41, 5.74) is 2.89. The number of ether oxygens (including phenoxy) is 2. The Balaban J connectivity index is 1.39. The number of likely N-dealkylation sites (tertiary alicyclic amines) is 1. The average Bonchev–Trinajstić information content (AvgIpc) is 3.00. The Labute approximate surface area is 240 Å². The van der Waals surface area contributed by atoms with Gasteiger partial charge in [0.05, 0.1) is 29.1 Å². The van der Waals surface area contributed by atoms with E-state index in [1.165, 1.54) is 25.5 Å². The monoisotopic (exact) mass is 547 g/mol. The molecule has 0 radical (unpaired) electrons. The van der Waals surface area contributed by atoms with Crippen molar-refractivity contribution in [2.24, 2.45) is 0 Å². The van der Waals surface area contributed by atoms with Gasteiger partial charge in [0.2, 0.25) is 5.91 Å². The van der Waals surface area contributed by atoms with Gasteiger partial charge < -0.3 is 20.1 Å². The van der Waals surface area contributed by atoms with Gasteiger partial charge in [0, 0.05) is 36.0 Å². The summed E-state index contributed by atoms with van der Waals surface area (Å²) < 4.78 is 11.7. The van der Waals surface area contributed by atoms with Gasteiger partial charge in [0.1, 0.15) is 23.3 Å². The minimum Gasteiger partial charge on any atom is -0.492 e. The van der Waals surface area contributed by atoms with E-state index < -0.39 is 0 Å². The van der Waals surface area contributed by atoms with Crippen LogP contribution in [0.3, 0.4) is 0 Å². The fraction of sp³-hybridized carbons (Fsp3) is 0.242. The van der Waals surface area contributed by atoms with Crippen molar-refractivity contribution in [3.05, 3.63) is 90.6 Å². The zero-order valence-electron chi connectivity index (χ0n) is 23.1. The van der Waals surface area contributed by atoms with Crippen LogP contribution in [0.1, 0.15) is 31.7 Å². The Kier molecular flexibility index (Phi) is 9.09. The number of piperidine rings is 1. The summed E-state index contributed by atoms with van der Waals surface area (Å²) in [5.74, 6) is 1.72. The molecule has 0 spiro atoms. The minimum atomic E-state index is -0.241. The summed E-state index contributed by atoms with van der Waals surface area (Å²) in [4.78, 5) is 19.7. The Morgan fingerprint density at radius 2 is 1.80 bits per heavy atom. The minimum absolute atomic E-state index is 0.241. The molecular formula is C33H33N5O3. The predicted molar refractivity (Wildman–Crippen MR) is 162 cm³/mol. The first-order valence-corrected chi connectivity index (χ1v) is 13.9. The Morgan fingerprint density at radius 3 is 2.54 bits per heavy atom. The molecule has 1 aromatic heterocycles. The van der Waals surface area contributed by atoms with E-state index in [1.807, 2.05) is 67.6 Å². The standard InChI is InChI=1S/C33H33N5O3/c1-2-40-31-21-29-28(20-30(31)37-32(39)12-9-19-38-17-7-4-8-18-38)33(24(22-34)23-35-29)36-25-13-15-27(16-14-25)41-26-10-5-3-6-11-26/h3,5-6,9-16,20-21,23H,2,4,7-8,17-19H2,1H3,(H,35,36)(H,37,39). The number of nitrogens with zero attached hydrogens (tertiary/aromatic N) is 3. The highest BCUT2D eigenvalue weighted by atomic mass is 16.5. The summed E-state index contributed by atoms with van der Waals surface area (Å²) in [6.07, 6.45) is 8.68. The SMILES string of the molecule is CCOc1cc2ncc(C#N)c(Nc3ccc(Oc4ccccc4)cc3)c2cc1NC(=O)C=CCN1CCCCC1. The van der Waals surface area contributed by atoms with E-state index in [9.17, 15) is 10.1 Å². The molecule has 0 bridgehead atoms. The van der Waals surface area contributed by atoms with Gasteiger partial charge in [-0.05, 0) is 75.3 Å². The number of carbonyl (C=O) groups excluding carboxylic acids is 1. The van der Waals surface area contributed by atoms with Crippen molar-refractivity contribution in [2.45, 2.75) is 26.2 Å². The molecule has 8 nitrogen and oxygen atoms in total. The number of pyridine rings is 1. The van der Waals surface area contributed by atoms with Crippen LogP contribution in [-0.2, 0) is 4.79 Å². The Morgan fingerprint density at radius 1 is 1.05 bits per heavy atom. The number of hydrogen-bond acceptors (Lipinski definition) is 7. The third-order valence-electron chi connectivity index (χ3n) is 6.83. The van der Waals surface area contributed by atoms with Crippen molar-refractivity contribution >= 4 is 33.9 Å². The average molecular weight is 548 g/mol. The molecule has 2 N–H and O–H groups in total. The highest BCUT2D eigenvalue weighted by Gasteiger charge is 2.16. The lowest BCUT2D eigenvalue weighted by atomic mass is 10.1. The lowest BCUT2D eigenvalue weighted by Gasteiger charge is -2.24. The number of aromatic nitrogens is 1. The number of rotatable bonds is 10. The molecule has 208 valence electrons. The number of para-hydroxylation sites is 1. The van der Waals surface area contributed by atoms with Gasteiger partial charge in [-0.3, -0.25) is 14.7 Å². The van der Waals surface area contributed by atoms with E-state index in [4.69, 9.17) is 9.47 Å². The van der Waals surface area contributed by atoms with Crippen molar-refractivity contribution < 1.29 is 14.3 Å². The first kappa shape index (κ1) is 27.7. The van der Waals surface area contributed by atoms with Gasteiger partial charge in [-0.15, -0.1) is 0 Å². The maximum atomic E-state index is 12.8. The summed E-state index contributed by atoms with van der Waals surface area (Å²) in [7, 11) is 0. The molecule has 5 rings (SSSR count). The van der Waals surface area contributed by atoms with Crippen LogP contribution in [0.15, 0.2) is 85.1 Å². The molecular weight excluding hydrogens is 514 g/mol. The first-order valence-electron chi connectivity index (χ1n) is 13.9. The fourth-order valence-electron chi connectivity index (χ4n) is 4.81. The summed E-state index contributed by atoms with van der Waals surface area (Å²) >= 11 is 0. The quantitative estimate of drug-likeness (QED) is 0.206. The molecule has 8 heteroatoms. The zero-order chi connectivity index (χ0) is 28.4. The Bertz CT molecular complexity index is 1560. The van der Waals surface area contributed by atoms with Gasteiger partial charge in [0.15, 0.2) is 0 Å². The van der Waals surface area contributed by atoms with Crippen molar-refractivity contribution in [3.63, 3.8) is 0 Å². The van der Waals surface area contributed by atoms with Crippen LogP contribution in [0, 0.1) is 11.3 Å². The van der Waals surface area contributed by atoms with Gasteiger partial charge in [-0.25, -0.2) is 0 Å². The van der Waals surface area contributed by atoms with Crippen molar-refractivity contribution in [3.8, 4) is 23.3 Å². The third kappa shape index (κ3) is 7.21. The van der Waals surface area contributed by atoms with E-state index in [0.29, 0.717) is 45.9 Å². The summed E-state index contributed by atoms with van der Waals surface area (Å²) in [6, 6.07) is 22.9. The number of fused-ring (bicyclic) bond motifs is 1. The maximum Gasteiger partial charge on any atom is 0.248 e. The van der Waals surface area contributed by atoms with Crippen LogP contribution < -0.4 is 20.1 Å². The van der Waals surface area contributed by atoms with Crippen LogP contribution in [0.5, 0.6) is 17.2 Å². The molecule has 41 heavy (non-hydrogen) atoms. The fourth-order valence-corrected chi connectivity index (χ4v) is 4.81. The predicted octanol–water partition coefficient (Wildman–Crippen LogP) is 7.02. The van der Waals surface area contributed by atoms with E-state index in [1.54, 1.807) is 18.2 Å². The van der Waals surface area contributed by atoms with E-state index in [-0.39, 0.29) is 5.91 Å².